The average molecular weight is 280 g/mol. The largest absolute Gasteiger partial charge is 0.465 e. The first-order valence-electron chi connectivity index (χ1n) is 7.36. The molecule has 4 nitrogen and oxygen atoms in total. The molecule has 4 heteroatoms. The molecule has 0 atom stereocenters. The monoisotopic (exact) mass is 280 g/mol. The molecular formula is C16H28N2O2. The van der Waals surface area contributed by atoms with E-state index in [1.54, 1.807) is 0 Å². The minimum absolute atomic E-state index is 0.114. The molecule has 0 aliphatic carbocycles. The lowest BCUT2D eigenvalue weighted by Gasteiger charge is -2.47. The molecule has 1 aromatic heterocycles. The van der Waals surface area contributed by atoms with Gasteiger partial charge in [0.2, 0.25) is 0 Å². The summed E-state index contributed by atoms with van der Waals surface area (Å²) >= 11 is 0. The maximum absolute atomic E-state index is 6.11. The van der Waals surface area contributed by atoms with Crippen molar-refractivity contribution < 1.29 is 9.15 Å². The van der Waals surface area contributed by atoms with Crippen molar-refractivity contribution in [2.75, 3.05) is 20.1 Å². The van der Waals surface area contributed by atoms with Gasteiger partial charge in [0.1, 0.15) is 11.5 Å². The quantitative estimate of drug-likeness (QED) is 0.920. The zero-order chi connectivity index (χ0) is 15.0. The van der Waals surface area contributed by atoms with Crippen LogP contribution in [0.25, 0.3) is 0 Å². The van der Waals surface area contributed by atoms with Gasteiger partial charge in [-0.25, -0.2) is 0 Å². The molecule has 1 saturated heterocycles. The van der Waals surface area contributed by atoms with Crippen molar-refractivity contribution in [2.24, 2.45) is 0 Å². The van der Waals surface area contributed by atoms with E-state index in [4.69, 9.17) is 9.15 Å². The molecule has 114 valence electrons. The van der Waals surface area contributed by atoms with Crippen molar-refractivity contribution in [3.8, 4) is 0 Å². The van der Waals surface area contributed by atoms with Crippen molar-refractivity contribution in [1.82, 2.24) is 10.2 Å². The minimum Gasteiger partial charge on any atom is -0.465 e. The molecule has 1 N–H and O–H groups in total. The molecule has 0 bridgehead atoms. The first kappa shape index (κ1) is 15.5. The van der Waals surface area contributed by atoms with Crippen molar-refractivity contribution in [1.29, 1.82) is 0 Å². The Kier molecular flexibility index (Phi) is 4.28. The minimum atomic E-state index is -0.114. The standard InChI is InChI=1S/C16H28N2O2/c1-12-13(8-17-6)7-14(19-12)9-18-10-15(2,3)20-16(4,5)11-18/h7,17H,8-11H2,1-6H3. The second-order valence-electron chi connectivity index (χ2n) is 7.09. The molecule has 2 heterocycles. The maximum Gasteiger partial charge on any atom is 0.118 e. The number of nitrogens with zero attached hydrogens (tertiary/aromatic N) is 1. The summed E-state index contributed by atoms with van der Waals surface area (Å²) in [6.45, 7) is 14.2. The van der Waals surface area contributed by atoms with Crippen LogP contribution in [0.1, 0.15) is 44.8 Å². The summed E-state index contributed by atoms with van der Waals surface area (Å²) in [4.78, 5) is 2.42. The normalized spacial score (nSPS) is 22.1. The van der Waals surface area contributed by atoms with Crippen molar-refractivity contribution >= 4 is 0 Å². The number of nitrogens with one attached hydrogen (secondary N) is 1. The second kappa shape index (κ2) is 5.51. The highest BCUT2D eigenvalue weighted by molar-refractivity contribution is 5.20. The first-order chi connectivity index (χ1) is 9.21. The summed E-state index contributed by atoms with van der Waals surface area (Å²) in [5.74, 6) is 2.06. The second-order valence-corrected chi connectivity index (χ2v) is 7.09. The Morgan fingerprint density at radius 2 is 1.80 bits per heavy atom. The van der Waals surface area contributed by atoms with Crippen LogP contribution in [0.3, 0.4) is 0 Å². The number of rotatable bonds is 4. The summed E-state index contributed by atoms with van der Waals surface area (Å²) in [5.41, 5.74) is 1.02. The summed E-state index contributed by atoms with van der Waals surface area (Å²) in [5, 5.41) is 3.17. The van der Waals surface area contributed by atoms with E-state index >= 15 is 0 Å². The molecule has 0 unspecified atom stereocenters. The van der Waals surface area contributed by atoms with Gasteiger partial charge in [-0.1, -0.05) is 0 Å². The van der Waals surface area contributed by atoms with E-state index < -0.39 is 0 Å². The SMILES string of the molecule is CNCc1cc(CN2CC(C)(C)OC(C)(C)C2)oc1C. The van der Waals surface area contributed by atoms with Gasteiger partial charge in [0.05, 0.1) is 17.7 Å². The van der Waals surface area contributed by atoms with Gasteiger partial charge in [-0.05, 0) is 47.7 Å². The maximum atomic E-state index is 6.11. The van der Waals surface area contributed by atoms with Crippen molar-refractivity contribution in [3.05, 3.63) is 23.2 Å². The predicted molar refractivity (Wildman–Crippen MR) is 80.7 cm³/mol. The smallest absolute Gasteiger partial charge is 0.118 e. The van der Waals surface area contributed by atoms with Crippen LogP contribution in [0.4, 0.5) is 0 Å². The van der Waals surface area contributed by atoms with E-state index in [0.717, 1.165) is 37.7 Å². The molecule has 1 aliphatic rings. The molecule has 0 amide bonds. The highest BCUT2D eigenvalue weighted by atomic mass is 16.5. The third-order valence-electron chi connectivity index (χ3n) is 3.58. The van der Waals surface area contributed by atoms with Crippen LogP contribution in [-0.4, -0.2) is 36.2 Å². The number of ether oxygens (including phenoxy) is 1. The van der Waals surface area contributed by atoms with Gasteiger partial charge < -0.3 is 14.5 Å². The van der Waals surface area contributed by atoms with Gasteiger partial charge in [0, 0.05) is 25.2 Å². The third kappa shape index (κ3) is 3.84. The van der Waals surface area contributed by atoms with Crippen LogP contribution in [-0.2, 0) is 17.8 Å². The van der Waals surface area contributed by atoms with Gasteiger partial charge in [-0.3, -0.25) is 4.90 Å². The molecule has 20 heavy (non-hydrogen) atoms. The predicted octanol–water partition coefficient (Wildman–Crippen LogP) is 2.70. The highest BCUT2D eigenvalue weighted by Gasteiger charge is 2.38. The van der Waals surface area contributed by atoms with E-state index in [-0.39, 0.29) is 11.2 Å². The fourth-order valence-corrected chi connectivity index (χ4v) is 3.31. The number of hydrogen-bond acceptors (Lipinski definition) is 4. The Bertz CT molecular complexity index is 447. The van der Waals surface area contributed by atoms with E-state index in [1.807, 2.05) is 14.0 Å². The van der Waals surface area contributed by atoms with Crippen LogP contribution in [0.15, 0.2) is 10.5 Å². The first-order valence-corrected chi connectivity index (χ1v) is 7.36. The lowest BCUT2D eigenvalue weighted by molar-refractivity contribution is -0.182. The van der Waals surface area contributed by atoms with Gasteiger partial charge in [0.25, 0.3) is 0 Å². The highest BCUT2D eigenvalue weighted by Crippen LogP contribution is 2.29. The molecule has 0 saturated carbocycles. The number of aryl methyl sites for hydroxylation is 1. The topological polar surface area (TPSA) is 37.6 Å². The fraction of sp³-hybridized carbons (Fsp3) is 0.750. The van der Waals surface area contributed by atoms with Crippen LogP contribution in [0, 0.1) is 6.92 Å². The summed E-state index contributed by atoms with van der Waals surface area (Å²) in [6.07, 6.45) is 0. The molecule has 2 rings (SSSR count). The summed E-state index contributed by atoms with van der Waals surface area (Å²) in [7, 11) is 1.96. The molecular weight excluding hydrogens is 252 g/mol. The molecule has 0 spiro atoms. The van der Waals surface area contributed by atoms with E-state index in [9.17, 15) is 0 Å². The number of hydrogen-bond donors (Lipinski definition) is 1. The van der Waals surface area contributed by atoms with Crippen LogP contribution < -0.4 is 5.32 Å². The fourth-order valence-electron chi connectivity index (χ4n) is 3.31. The van der Waals surface area contributed by atoms with Crippen LogP contribution in [0.5, 0.6) is 0 Å². The van der Waals surface area contributed by atoms with Gasteiger partial charge in [-0.2, -0.15) is 0 Å². The van der Waals surface area contributed by atoms with Gasteiger partial charge in [-0.15, -0.1) is 0 Å². The third-order valence-corrected chi connectivity index (χ3v) is 3.58. The molecule has 1 fully saturated rings. The summed E-state index contributed by atoms with van der Waals surface area (Å²) in [6, 6.07) is 2.17. The Morgan fingerprint density at radius 3 is 2.35 bits per heavy atom. The molecule has 1 aliphatic heterocycles. The Hall–Kier alpha value is -0.840. The molecule has 1 aromatic rings. The number of furan rings is 1. The average Bonchev–Trinajstić information content (AvgIpc) is 2.54. The Labute approximate surface area is 122 Å². The summed E-state index contributed by atoms with van der Waals surface area (Å²) < 4.78 is 12.0. The Balaban J connectivity index is 2.07. The van der Waals surface area contributed by atoms with Crippen LogP contribution >= 0.6 is 0 Å². The van der Waals surface area contributed by atoms with Gasteiger partial charge >= 0.3 is 0 Å². The number of morpholine rings is 1. The lowest BCUT2D eigenvalue weighted by atomic mass is 9.99. The van der Waals surface area contributed by atoms with Crippen molar-refractivity contribution in [3.63, 3.8) is 0 Å². The van der Waals surface area contributed by atoms with Crippen LogP contribution in [0.2, 0.25) is 0 Å². The Morgan fingerprint density at radius 1 is 1.20 bits per heavy atom. The zero-order valence-electron chi connectivity index (χ0n) is 13.7. The molecule has 0 radical (unpaired) electrons. The van der Waals surface area contributed by atoms with E-state index in [0.29, 0.717) is 0 Å². The van der Waals surface area contributed by atoms with Gasteiger partial charge in [0.15, 0.2) is 0 Å². The van der Waals surface area contributed by atoms with Crippen molar-refractivity contribution in [2.45, 2.75) is 58.9 Å². The van der Waals surface area contributed by atoms with E-state index in [1.165, 1.54) is 5.56 Å². The van der Waals surface area contributed by atoms with E-state index in [2.05, 4.69) is 44.0 Å². The zero-order valence-corrected chi connectivity index (χ0v) is 13.7. The molecule has 0 aromatic carbocycles. The lowest BCUT2D eigenvalue weighted by Crippen LogP contribution is -2.56.